The van der Waals surface area contributed by atoms with E-state index in [1.165, 1.54) is 17.1 Å². The van der Waals surface area contributed by atoms with E-state index in [0.29, 0.717) is 5.75 Å². The molecule has 4 rings (SSSR count). The number of fused-ring (bicyclic) bond motifs is 3. The van der Waals surface area contributed by atoms with Gasteiger partial charge in [-0.25, -0.2) is 12.4 Å². The van der Waals surface area contributed by atoms with Crippen molar-refractivity contribution < 1.29 is 13.2 Å². The Hall–Kier alpha value is -2.02. The van der Waals surface area contributed by atoms with E-state index in [4.69, 9.17) is 16.3 Å². The van der Waals surface area contributed by atoms with Crippen LogP contribution in [0.1, 0.15) is 23.2 Å². The Morgan fingerprint density at radius 3 is 2.64 bits per heavy atom. The molecule has 2 aromatic carbocycles. The van der Waals surface area contributed by atoms with Gasteiger partial charge < -0.3 is 9.64 Å². The summed E-state index contributed by atoms with van der Waals surface area (Å²) in [4.78, 5) is 2.41. The Kier molecular flexibility index (Phi) is 4.89. The van der Waals surface area contributed by atoms with Crippen LogP contribution < -0.4 is 4.74 Å². The van der Waals surface area contributed by atoms with Gasteiger partial charge in [0.15, 0.2) is 0 Å². The molecular formula is C21H23ClN2O3S. The average molecular weight is 419 g/mol. The van der Waals surface area contributed by atoms with Gasteiger partial charge in [-0.15, -0.1) is 0 Å². The standard InChI is InChI=1S/C21H23ClN2O3S/c1-14-6-8-20-16(11-14)17-13-23(2)10-4-5-19(17)24(20)28(25,26)15-7-9-21(27-3)18(22)12-15/h6-9,11-12H,4-5,10,13H2,1-3H3. The first kappa shape index (κ1) is 19.3. The minimum absolute atomic E-state index is 0.163. The van der Waals surface area contributed by atoms with Crippen molar-refractivity contribution in [3.8, 4) is 5.75 Å². The molecule has 3 aromatic rings. The van der Waals surface area contributed by atoms with E-state index in [0.717, 1.165) is 53.7 Å². The summed E-state index contributed by atoms with van der Waals surface area (Å²) in [6.07, 6.45) is 1.63. The number of hydrogen-bond acceptors (Lipinski definition) is 4. The number of halogens is 1. The Balaban J connectivity index is 2.00. The van der Waals surface area contributed by atoms with Crippen LogP contribution in [0.5, 0.6) is 5.75 Å². The van der Waals surface area contributed by atoms with Gasteiger partial charge in [-0.1, -0.05) is 23.2 Å². The molecule has 0 amide bonds. The van der Waals surface area contributed by atoms with Gasteiger partial charge in [0, 0.05) is 17.6 Å². The molecule has 0 atom stereocenters. The monoisotopic (exact) mass is 418 g/mol. The molecule has 0 fully saturated rings. The SMILES string of the molecule is COc1ccc(S(=O)(=O)n2c3c(c4cc(C)ccc42)CN(C)CCC3)cc1Cl. The highest BCUT2D eigenvalue weighted by atomic mass is 35.5. The van der Waals surface area contributed by atoms with Crippen molar-refractivity contribution in [2.24, 2.45) is 0 Å². The molecule has 7 heteroatoms. The number of nitrogens with zero attached hydrogens (tertiary/aromatic N) is 2. The summed E-state index contributed by atoms with van der Waals surface area (Å²) in [6.45, 7) is 3.71. The highest BCUT2D eigenvalue weighted by molar-refractivity contribution is 7.90. The third-order valence-electron chi connectivity index (χ3n) is 5.33. The molecule has 1 aromatic heterocycles. The molecule has 0 aliphatic carbocycles. The maximum atomic E-state index is 13.7. The molecule has 0 unspecified atom stereocenters. The van der Waals surface area contributed by atoms with E-state index in [1.807, 2.05) is 19.1 Å². The number of methoxy groups -OCH3 is 1. The number of rotatable bonds is 3. The first-order chi connectivity index (χ1) is 13.3. The smallest absolute Gasteiger partial charge is 0.268 e. The van der Waals surface area contributed by atoms with Crippen molar-refractivity contribution in [2.75, 3.05) is 20.7 Å². The highest BCUT2D eigenvalue weighted by Crippen LogP contribution is 2.35. The minimum atomic E-state index is -3.80. The van der Waals surface area contributed by atoms with Crippen LogP contribution in [0.15, 0.2) is 41.3 Å². The normalized spacial score (nSPS) is 15.4. The lowest BCUT2D eigenvalue weighted by atomic mass is 10.1. The molecule has 5 nitrogen and oxygen atoms in total. The van der Waals surface area contributed by atoms with E-state index in [2.05, 4.69) is 18.0 Å². The van der Waals surface area contributed by atoms with Gasteiger partial charge in [0.1, 0.15) is 5.75 Å². The topological polar surface area (TPSA) is 51.5 Å². The predicted molar refractivity (Wildman–Crippen MR) is 112 cm³/mol. The predicted octanol–water partition coefficient (Wildman–Crippen LogP) is 4.23. The Labute approximate surface area is 170 Å². The van der Waals surface area contributed by atoms with Crippen LogP contribution in [0.25, 0.3) is 10.9 Å². The molecule has 148 valence electrons. The lowest BCUT2D eigenvalue weighted by Crippen LogP contribution is -2.17. The summed E-state index contributed by atoms with van der Waals surface area (Å²) < 4.78 is 34.0. The van der Waals surface area contributed by atoms with Gasteiger partial charge in [-0.05, 0) is 69.3 Å². The first-order valence-electron chi connectivity index (χ1n) is 9.23. The van der Waals surface area contributed by atoms with Gasteiger partial charge in [0.05, 0.1) is 22.5 Å². The van der Waals surface area contributed by atoms with Crippen molar-refractivity contribution in [3.05, 3.63) is 58.2 Å². The van der Waals surface area contributed by atoms with Gasteiger partial charge in [0.2, 0.25) is 0 Å². The number of aryl methyl sites for hydroxylation is 1. The molecule has 0 radical (unpaired) electrons. The van der Waals surface area contributed by atoms with Crippen molar-refractivity contribution in [3.63, 3.8) is 0 Å². The van der Waals surface area contributed by atoms with Crippen molar-refractivity contribution in [2.45, 2.75) is 31.2 Å². The van der Waals surface area contributed by atoms with E-state index in [1.54, 1.807) is 12.1 Å². The third-order valence-corrected chi connectivity index (χ3v) is 7.38. The van der Waals surface area contributed by atoms with Crippen LogP contribution >= 0.6 is 11.6 Å². The van der Waals surface area contributed by atoms with Gasteiger partial charge in [-0.3, -0.25) is 0 Å². The molecule has 0 saturated heterocycles. The fraction of sp³-hybridized carbons (Fsp3) is 0.333. The number of hydrogen-bond donors (Lipinski definition) is 0. The van der Waals surface area contributed by atoms with Crippen molar-refractivity contribution in [1.82, 2.24) is 8.87 Å². The fourth-order valence-corrected chi connectivity index (χ4v) is 5.92. The average Bonchev–Trinajstić information content (AvgIpc) is 2.82. The van der Waals surface area contributed by atoms with E-state index in [9.17, 15) is 8.42 Å². The van der Waals surface area contributed by atoms with Crippen LogP contribution in [-0.4, -0.2) is 38.0 Å². The molecule has 28 heavy (non-hydrogen) atoms. The summed E-state index contributed by atoms with van der Waals surface area (Å²) >= 11 is 6.22. The van der Waals surface area contributed by atoms with Crippen LogP contribution in [0.2, 0.25) is 5.02 Å². The quantitative estimate of drug-likeness (QED) is 0.638. The lowest BCUT2D eigenvalue weighted by Gasteiger charge is -2.13. The molecule has 0 spiro atoms. The summed E-state index contributed by atoms with van der Waals surface area (Å²) in [5.41, 5.74) is 3.81. The van der Waals surface area contributed by atoms with Gasteiger partial charge >= 0.3 is 0 Å². The minimum Gasteiger partial charge on any atom is -0.495 e. The second-order valence-corrected chi connectivity index (χ2v) is 9.55. The largest absolute Gasteiger partial charge is 0.495 e. The molecule has 0 N–H and O–H groups in total. The summed E-state index contributed by atoms with van der Waals surface area (Å²) in [6, 6.07) is 10.6. The molecule has 1 aliphatic rings. The van der Waals surface area contributed by atoms with Gasteiger partial charge in [-0.2, -0.15) is 0 Å². The van der Waals surface area contributed by atoms with Gasteiger partial charge in [0.25, 0.3) is 10.0 Å². The van der Waals surface area contributed by atoms with Crippen molar-refractivity contribution in [1.29, 1.82) is 0 Å². The molecule has 0 saturated carbocycles. The number of aromatic nitrogens is 1. The second-order valence-electron chi connectivity index (χ2n) is 7.35. The molecule has 2 heterocycles. The Morgan fingerprint density at radius 1 is 1.14 bits per heavy atom. The number of benzene rings is 2. The first-order valence-corrected chi connectivity index (χ1v) is 11.0. The van der Waals surface area contributed by atoms with Crippen LogP contribution in [-0.2, 0) is 23.0 Å². The Bertz CT molecular complexity index is 1170. The van der Waals surface area contributed by atoms with E-state index in [-0.39, 0.29) is 9.92 Å². The maximum Gasteiger partial charge on any atom is 0.268 e. The summed E-state index contributed by atoms with van der Waals surface area (Å²) in [5.74, 6) is 0.453. The fourth-order valence-electron chi connectivity index (χ4n) is 3.97. The van der Waals surface area contributed by atoms with Crippen LogP contribution in [0.3, 0.4) is 0 Å². The van der Waals surface area contributed by atoms with Crippen LogP contribution in [0, 0.1) is 6.92 Å². The lowest BCUT2D eigenvalue weighted by molar-refractivity contribution is 0.333. The van der Waals surface area contributed by atoms with Crippen LogP contribution in [0.4, 0.5) is 0 Å². The third kappa shape index (κ3) is 3.09. The molecule has 0 bridgehead atoms. The highest BCUT2D eigenvalue weighted by Gasteiger charge is 2.29. The number of ether oxygens (including phenoxy) is 1. The zero-order valence-corrected chi connectivity index (χ0v) is 17.8. The second kappa shape index (κ2) is 7.10. The molecule has 1 aliphatic heterocycles. The maximum absolute atomic E-state index is 13.7. The summed E-state index contributed by atoms with van der Waals surface area (Å²) in [5, 5.41) is 1.29. The Morgan fingerprint density at radius 2 is 1.93 bits per heavy atom. The molecular weight excluding hydrogens is 396 g/mol. The van der Waals surface area contributed by atoms with E-state index < -0.39 is 10.0 Å². The summed E-state index contributed by atoms with van der Waals surface area (Å²) in [7, 11) is -0.217. The zero-order valence-electron chi connectivity index (χ0n) is 16.2. The zero-order chi connectivity index (χ0) is 20.1. The van der Waals surface area contributed by atoms with Crippen molar-refractivity contribution >= 4 is 32.5 Å². The van der Waals surface area contributed by atoms with E-state index >= 15 is 0 Å².